The van der Waals surface area contributed by atoms with Gasteiger partial charge >= 0.3 is 0 Å². The van der Waals surface area contributed by atoms with Crippen molar-refractivity contribution in [3.8, 4) is 0 Å². The molecule has 2 aromatic carbocycles. The predicted molar refractivity (Wildman–Crippen MR) is 79.5 cm³/mol. The summed E-state index contributed by atoms with van der Waals surface area (Å²) in [4.78, 5) is 13.3. The summed E-state index contributed by atoms with van der Waals surface area (Å²) in [6.07, 6.45) is 0.629. The highest BCUT2D eigenvalue weighted by atomic mass is 32.2. The number of amides is 1. The molecule has 0 spiro atoms. The molecule has 1 amide bonds. The Morgan fingerprint density at radius 2 is 1.90 bits per heavy atom. The third kappa shape index (κ3) is 3.08. The number of nitrogens with one attached hydrogen (secondary N) is 1. The van der Waals surface area contributed by atoms with Crippen molar-refractivity contribution in [1.29, 1.82) is 0 Å². The Morgan fingerprint density at radius 1 is 1.19 bits per heavy atom. The Hall–Kier alpha value is -1.88. The third-order valence-electron chi connectivity index (χ3n) is 3.32. The molecule has 0 radical (unpaired) electrons. The number of benzene rings is 2. The summed E-state index contributed by atoms with van der Waals surface area (Å²) in [7, 11) is 0. The number of carbonyl (C=O) groups is 1. The van der Waals surface area contributed by atoms with Crippen LogP contribution in [0.5, 0.6) is 0 Å². The molecule has 1 N–H and O–H groups in total. The molecule has 0 saturated heterocycles. The first-order valence-electron chi connectivity index (χ1n) is 6.54. The summed E-state index contributed by atoms with van der Waals surface area (Å²) >= 11 is 1.49. The molecule has 1 atom stereocenters. The first kappa shape index (κ1) is 14.1. The van der Waals surface area contributed by atoms with Crippen molar-refractivity contribution in [1.82, 2.24) is 0 Å². The number of carbonyl (C=O) groups excluding carboxylic acids is 1. The van der Waals surface area contributed by atoms with Crippen LogP contribution in [-0.2, 0) is 11.2 Å². The van der Waals surface area contributed by atoms with E-state index in [-0.39, 0.29) is 16.8 Å². The fourth-order valence-electron chi connectivity index (χ4n) is 2.33. The Morgan fingerprint density at radius 3 is 2.62 bits per heavy atom. The Labute approximate surface area is 125 Å². The van der Waals surface area contributed by atoms with Gasteiger partial charge in [-0.25, -0.2) is 8.78 Å². The Kier molecular flexibility index (Phi) is 3.68. The molecule has 0 fully saturated rings. The number of halogens is 2. The second kappa shape index (κ2) is 5.48. The zero-order valence-corrected chi connectivity index (χ0v) is 12.1. The van der Waals surface area contributed by atoms with Gasteiger partial charge in [-0.05, 0) is 37.1 Å². The van der Waals surface area contributed by atoms with Crippen LogP contribution >= 0.6 is 11.8 Å². The van der Waals surface area contributed by atoms with Crippen LogP contribution < -0.4 is 5.32 Å². The molecule has 2 nitrogen and oxygen atoms in total. The maximum atomic E-state index is 13.1. The summed E-state index contributed by atoms with van der Waals surface area (Å²) in [6, 6.07) is 9.08. The summed E-state index contributed by atoms with van der Waals surface area (Å²) < 4.78 is 26.2. The standard InChI is InChI=1S/C16H13F2NOS/c1-9-2-3-10-5-15(21-14(10)4-9)16(20)19-13-7-11(17)6-12(18)8-13/h2-4,6-8,15H,5H2,1H3,(H,19,20)/t15-/m0/s1. The monoisotopic (exact) mass is 305 g/mol. The quantitative estimate of drug-likeness (QED) is 0.911. The first-order valence-corrected chi connectivity index (χ1v) is 7.42. The molecular weight excluding hydrogens is 292 g/mol. The van der Waals surface area contributed by atoms with E-state index in [1.807, 2.05) is 19.1 Å². The molecule has 5 heteroatoms. The zero-order chi connectivity index (χ0) is 15.0. The average molecular weight is 305 g/mol. The zero-order valence-electron chi connectivity index (χ0n) is 11.3. The van der Waals surface area contributed by atoms with E-state index in [1.54, 1.807) is 0 Å². The van der Waals surface area contributed by atoms with Crippen LogP contribution in [-0.4, -0.2) is 11.2 Å². The van der Waals surface area contributed by atoms with E-state index in [0.717, 1.165) is 34.2 Å². The van der Waals surface area contributed by atoms with Crippen molar-refractivity contribution in [2.45, 2.75) is 23.5 Å². The highest BCUT2D eigenvalue weighted by Gasteiger charge is 2.28. The van der Waals surface area contributed by atoms with Gasteiger partial charge in [0.05, 0.1) is 5.25 Å². The molecule has 0 unspecified atom stereocenters. The molecule has 3 rings (SSSR count). The van der Waals surface area contributed by atoms with Crippen LogP contribution in [0.15, 0.2) is 41.3 Å². The largest absolute Gasteiger partial charge is 0.325 e. The van der Waals surface area contributed by atoms with E-state index in [0.29, 0.717) is 6.42 Å². The SMILES string of the molecule is Cc1ccc2c(c1)S[C@H](C(=O)Nc1cc(F)cc(F)c1)C2. The lowest BCUT2D eigenvalue weighted by Crippen LogP contribution is -2.24. The maximum absolute atomic E-state index is 13.1. The molecule has 21 heavy (non-hydrogen) atoms. The highest BCUT2D eigenvalue weighted by molar-refractivity contribution is 8.01. The van der Waals surface area contributed by atoms with E-state index in [1.165, 1.54) is 11.8 Å². The van der Waals surface area contributed by atoms with Crippen LogP contribution in [0, 0.1) is 18.6 Å². The van der Waals surface area contributed by atoms with Crippen LogP contribution in [0.4, 0.5) is 14.5 Å². The van der Waals surface area contributed by atoms with Crippen molar-refractivity contribution in [2.24, 2.45) is 0 Å². The number of aryl methyl sites for hydroxylation is 1. The summed E-state index contributed by atoms with van der Waals surface area (Å²) in [5.74, 6) is -1.65. The van der Waals surface area contributed by atoms with Gasteiger partial charge in [0, 0.05) is 16.6 Å². The second-order valence-electron chi connectivity index (χ2n) is 5.07. The van der Waals surface area contributed by atoms with Gasteiger partial charge in [0.15, 0.2) is 0 Å². The minimum atomic E-state index is -0.705. The van der Waals surface area contributed by atoms with E-state index in [4.69, 9.17) is 0 Å². The van der Waals surface area contributed by atoms with Gasteiger partial charge < -0.3 is 5.32 Å². The number of rotatable bonds is 2. The van der Waals surface area contributed by atoms with E-state index in [9.17, 15) is 13.6 Å². The van der Waals surface area contributed by atoms with Gasteiger partial charge in [-0.2, -0.15) is 0 Å². The average Bonchev–Trinajstić information content (AvgIpc) is 2.80. The van der Waals surface area contributed by atoms with Crippen molar-refractivity contribution < 1.29 is 13.6 Å². The topological polar surface area (TPSA) is 29.1 Å². The molecule has 0 bridgehead atoms. The summed E-state index contributed by atoms with van der Waals surface area (Å²) in [5, 5.41) is 2.30. The fraction of sp³-hybridized carbons (Fsp3) is 0.188. The second-order valence-corrected chi connectivity index (χ2v) is 6.31. The number of hydrogen-bond donors (Lipinski definition) is 1. The minimum absolute atomic E-state index is 0.144. The molecular formula is C16H13F2NOS. The number of hydrogen-bond acceptors (Lipinski definition) is 2. The van der Waals surface area contributed by atoms with Crippen LogP contribution in [0.1, 0.15) is 11.1 Å². The van der Waals surface area contributed by atoms with Gasteiger partial charge in [-0.1, -0.05) is 17.7 Å². The number of thioether (sulfide) groups is 1. The van der Waals surface area contributed by atoms with Crippen LogP contribution in [0.25, 0.3) is 0 Å². The molecule has 1 aliphatic rings. The molecule has 108 valence electrons. The van der Waals surface area contributed by atoms with Crippen molar-refractivity contribution >= 4 is 23.4 Å². The van der Waals surface area contributed by atoms with E-state index in [2.05, 4.69) is 11.4 Å². The molecule has 0 aromatic heterocycles. The van der Waals surface area contributed by atoms with Gasteiger partial charge in [-0.3, -0.25) is 4.79 Å². The lowest BCUT2D eigenvalue weighted by atomic mass is 10.1. The minimum Gasteiger partial charge on any atom is -0.325 e. The van der Waals surface area contributed by atoms with E-state index < -0.39 is 11.6 Å². The van der Waals surface area contributed by atoms with Crippen LogP contribution in [0.2, 0.25) is 0 Å². The van der Waals surface area contributed by atoms with E-state index >= 15 is 0 Å². The third-order valence-corrected chi connectivity index (χ3v) is 4.62. The van der Waals surface area contributed by atoms with Crippen LogP contribution in [0.3, 0.4) is 0 Å². The fourth-order valence-corrected chi connectivity index (χ4v) is 3.62. The molecule has 1 heterocycles. The van der Waals surface area contributed by atoms with Crippen molar-refractivity contribution in [2.75, 3.05) is 5.32 Å². The predicted octanol–water partition coefficient (Wildman–Crippen LogP) is 3.93. The highest BCUT2D eigenvalue weighted by Crippen LogP contribution is 2.38. The lowest BCUT2D eigenvalue weighted by molar-refractivity contribution is -0.115. The first-order chi connectivity index (χ1) is 10.0. The van der Waals surface area contributed by atoms with Gasteiger partial charge in [0.2, 0.25) is 5.91 Å². The normalized spacial score (nSPS) is 16.6. The summed E-state index contributed by atoms with van der Waals surface area (Å²) in [5.41, 5.74) is 2.43. The molecule has 0 saturated carbocycles. The van der Waals surface area contributed by atoms with Gasteiger partial charge in [0.1, 0.15) is 11.6 Å². The number of fused-ring (bicyclic) bond motifs is 1. The molecule has 0 aliphatic carbocycles. The Balaban J connectivity index is 1.73. The van der Waals surface area contributed by atoms with Crippen molar-refractivity contribution in [3.05, 3.63) is 59.2 Å². The van der Waals surface area contributed by atoms with Crippen molar-refractivity contribution in [3.63, 3.8) is 0 Å². The van der Waals surface area contributed by atoms with Gasteiger partial charge in [0.25, 0.3) is 0 Å². The lowest BCUT2D eigenvalue weighted by Gasteiger charge is -2.10. The summed E-state index contributed by atoms with van der Waals surface area (Å²) in [6.45, 7) is 2.00. The smallest absolute Gasteiger partial charge is 0.238 e. The number of anilines is 1. The molecule has 1 aliphatic heterocycles. The maximum Gasteiger partial charge on any atom is 0.238 e. The van der Waals surface area contributed by atoms with Gasteiger partial charge in [-0.15, -0.1) is 11.8 Å². The Bertz CT molecular complexity index is 697. The molecule has 2 aromatic rings.